The number of amides is 1. The molecule has 184 valence electrons. The van der Waals surface area contributed by atoms with Crippen molar-refractivity contribution in [2.45, 2.75) is 43.6 Å². The van der Waals surface area contributed by atoms with Gasteiger partial charge in [0.15, 0.2) is 11.6 Å². The molecule has 35 heavy (non-hydrogen) atoms. The van der Waals surface area contributed by atoms with Crippen LogP contribution in [0.4, 0.5) is 13.2 Å². The smallest absolute Gasteiger partial charge is 0.252 e. The van der Waals surface area contributed by atoms with Crippen LogP contribution in [0.2, 0.25) is 5.02 Å². The molecule has 5 rings (SSSR count). The zero-order valence-corrected chi connectivity index (χ0v) is 20.3. The van der Waals surface area contributed by atoms with Gasteiger partial charge in [-0.05, 0) is 31.0 Å². The van der Waals surface area contributed by atoms with E-state index in [1.165, 1.54) is 11.3 Å². The number of benzene rings is 1. The highest BCUT2D eigenvalue weighted by Crippen LogP contribution is 2.45. The average molecular weight is 522 g/mol. The van der Waals surface area contributed by atoms with E-state index in [0.29, 0.717) is 11.5 Å². The molecular formula is C24H23ClF3N5OS. The Morgan fingerprint density at radius 3 is 2.60 bits per heavy atom. The fraction of sp³-hybridized carbons (Fsp3) is 0.417. The van der Waals surface area contributed by atoms with E-state index < -0.39 is 17.6 Å². The van der Waals surface area contributed by atoms with Gasteiger partial charge in [0.25, 0.3) is 11.8 Å². The predicted molar refractivity (Wildman–Crippen MR) is 127 cm³/mol. The number of hydrogen-bond donors (Lipinski definition) is 1. The molecule has 3 aromatic rings. The Morgan fingerprint density at radius 2 is 1.91 bits per heavy atom. The van der Waals surface area contributed by atoms with Crippen molar-refractivity contribution in [3.05, 3.63) is 63.1 Å². The quantitative estimate of drug-likeness (QED) is 0.446. The molecule has 1 aromatic carbocycles. The number of carbonyl (C=O) groups is 1. The lowest BCUT2D eigenvalue weighted by Crippen LogP contribution is -2.45. The zero-order valence-electron chi connectivity index (χ0n) is 18.7. The molecule has 1 saturated heterocycles. The molecule has 2 aromatic heterocycles. The fourth-order valence-electron chi connectivity index (χ4n) is 4.31. The molecule has 1 aliphatic heterocycles. The number of thiazole rings is 1. The first kappa shape index (κ1) is 24.1. The summed E-state index contributed by atoms with van der Waals surface area (Å²) < 4.78 is 40.8. The van der Waals surface area contributed by atoms with Gasteiger partial charge in [0.05, 0.1) is 40.2 Å². The lowest BCUT2D eigenvalue weighted by Gasteiger charge is -2.37. The SMILES string of the molecule is O=C(NCC(c1scnc1C1CC1)N1CCC(F)(F)CC1)c1cc(-c2ncc(F)cn2)ccc1Cl. The second-order valence-corrected chi connectivity index (χ2v) is 10.2. The number of likely N-dealkylation sites (tertiary alicyclic amines) is 1. The summed E-state index contributed by atoms with van der Waals surface area (Å²) in [6, 6.07) is 4.53. The Labute approximate surface area is 209 Å². The van der Waals surface area contributed by atoms with Gasteiger partial charge in [-0.25, -0.2) is 28.1 Å². The van der Waals surface area contributed by atoms with Gasteiger partial charge >= 0.3 is 0 Å². The minimum Gasteiger partial charge on any atom is -0.350 e. The van der Waals surface area contributed by atoms with Crippen LogP contribution < -0.4 is 5.32 Å². The number of alkyl halides is 2. The van der Waals surface area contributed by atoms with Gasteiger partial charge in [0.2, 0.25) is 0 Å². The Hall–Kier alpha value is -2.56. The van der Waals surface area contributed by atoms with E-state index >= 15 is 0 Å². The van der Waals surface area contributed by atoms with Crippen LogP contribution in [0.1, 0.15) is 58.6 Å². The van der Waals surface area contributed by atoms with Crippen LogP contribution in [0, 0.1) is 5.82 Å². The summed E-state index contributed by atoms with van der Waals surface area (Å²) in [4.78, 5) is 28.6. The van der Waals surface area contributed by atoms with Gasteiger partial charge in [0, 0.05) is 48.8 Å². The summed E-state index contributed by atoms with van der Waals surface area (Å²) in [6.07, 6.45) is 3.83. The van der Waals surface area contributed by atoms with Gasteiger partial charge in [-0.3, -0.25) is 9.69 Å². The van der Waals surface area contributed by atoms with Crippen molar-refractivity contribution in [2.75, 3.05) is 19.6 Å². The van der Waals surface area contributed by atoms with Crippen molar-refractivity contribution in [2.24, 2.45) is 0 Å². The highest BCUT2D eigenvalue weighted by molar-refractivity contribution is 7.09. The summed E-state index contributed by atoms with van der Waals surface area (Å²) in [5.74, 6) is -2.95. The first-order valence-electron chi connectivity index (χ1n) is 11.4. The number of halogens is 4. The summed E-state index contributed by atoms with van der Waals surface area (Å²) in [5, 5.41) is 3.20. The van der Waals surface area contributed by atoms with Crippen LogP contribution >= 0.6 is 22.9 Å². The minimum absolute atomic E-state index is 0.208. The Bertz CT molecular complexity index is 1210. The molecule has 1 unspecified atom stereocenters. The van der Waals surface area contributed by atoms with E-state index in [4.69, 9.17) is 11.6 Å². The third kappa shape index (κ3) is 5.49. The van der Waals surface area contributed by atoms with E-state index in [1.807, 2.05) is 4.90 Å². The molecule has 1 saturated carbocycles. The molecule has 6 nitrogen and oxygen atoms in total. The van der Waals surface area contributed by atoms with E-state index in [0.717, 1.165) is 35.8 Å². The molecule has 1 N–H and O–H groups in total. The van der Waals surface area contributed by atoms with Gasteiger partial charge in [-0.1, -0.05) is 11.6 Å². The third-order valence-corrected chi connectivity index (χ3v) is 7.68. The summed E-state index contributed by atoms with van der Waals surface area (Å²) >= 11 is 7.82. The monoisotopic (exact) mass is 521 g/mol. The number of aromatic nitrogens is 3. The van der Waals surface area contributed by atoms with Crippen molar-refractivity contribution < 1.29 is 18.0 Å². The molecule has 0 radical (unpaired) electrons. The maximum absolute atomic E-state index is 13.8. The number of carbonyl (C=O) groups excluding carboxylic acids is 1. The summed E-state index contributed by atoms with van der Waals surface area (Å²) in [6.45, 7) is 0.724. The molecule has 3 heterocycles. The normalized spacial score (nSPS) is 18.9. The molecule has 1 atom stereocenters. The van der Waals surface area contributed by atoms with Crippen LogP contribution in [0.5, 0.6) is 0 Å². The number of piperidine rings is 1. The predicted octanol–water partition coefficient (Wildman–Crippen LogP) is 5.47. The average Bonchev–Trinajstić information content (AvgIpc) is 3.58. The number of hydrogen-bond acceptors (Lipinski definition) is 6. The summed E-state index contributed by atoms with van der Waals surface area (Å²) in [5.41, 5.74) is 3.56. The first-order chi connectivity index (χ1) is 16.8. The van der Waals surface area contributed by atoms with Crippen LogP contribution in [-0.2, 0) is 0 Å². The molecule has 11 heteroatoms. The zero-order chi connectivity index (χ0) is 24.6. The molecule has 1 amide bonds. The van der Waals surface area contributed by atoms with E-state index in [1.54, 1.807) is 23.7 Å². The van der Waals surface area contributed by atoms with Crippen molar-refractivity contribution in [1.29, 1.82) is 0 Å². The van der Waals surface area contributed by atoms with Crippen molar-refractivity contribution in [3.63, 3.8) is 0 Å². The Balaban J connectivity index is 1.36. The minimum atomic E-state index is -2.66. The molecule has 0 bridgehead atoms. The van der Waals surface area contributed by atoms with Crippen LogP contribution in [0.3, 0.4) is 0 Å². The molecular weight excluding hydrogens is 499 g/mol. The highest BCUT2D eigenvalue weighted by atomic mass is 35.5. The maximum Gasteiger partial charge on any atom is 0.252 e. The fourth-order valence-corrected chi connectivity index (χ4v) is 5.52. The standard InChI is InChI=1S/C24H23ClF3N5OS/c25-18-4-3-15(22-29-10-16(26)11-30-22)9-17(18)23(34)31-12-19(33-7-5-24(27,28)6-8-33)21-20(14-1-2-14)32-13-35-21/h3-4,9-11,13-14,19H,1-2,5-8,12H2,(H,31,34). The number of nitrogens with one attached hydrogen (secondary N) is 1. The van der Waals surface area contributed by atoms with Crippen molar-refractivity contribution in [3.8, 4) is 11.4 Å². The maximum atomic E-state index is 13.8. The molecule has 2 aliphatic rings. The van der Waals surface area contributed by atoms with Crippen molar-refractivity contribution in [1.82, 2.24) is 25.2 Å². The summed E-state index contributed by atoms with van der Waals surface area (Å²) in [7, 11) is 0. The second kappa shape index (κ2) is 9.83. The van der Waals surface area contributed by atoms with Crippen molar-refractivity contribution >= 4 is 28.8 Å². The van der Waals surface area contributed by atoms with Gasteiger partial charge < -0.3 is 5.32 Å². The molecule has 0 spiro atoms. The van der Waals surface area contributed by atoms with Crippen LogP contribution in [0.25, 0.3) is 11.4 Å². The third-order valence-electron chi connectivity index (χ3n) is 6.41. The number of nitrogens with zero attached hydrogens (tertiary/aromatic N) is 4. The van der Waals surface area contributed by atoms with E-state index in [9.17, 15) is 18.0 Å². The Morgan fingerprint density at radius 1 is 1.20 bits per heavy atom. The van der Waals surface area contributed by atoms with Crippen LogP contribution in [-0.4, -0.2) is 51.3 Å². The topological polar surface area (TPSA) is 71.0 Å². The van der Waals surface area contributed by atoms with Gasteiger partial charge in [-0.2, -0.15) is 0 Å². The number of rotatable bonds is 7. The van der Waals surface area contributed by atoms with Crippen LogP contribution in [0.15, 0.2) is 36.1 Å². The highest BCUT2D eigenvalue weighted by Gasteiger charge is 2.39. The van der Waals surface area contributed by atoms with E-state index in [2.05, 4.69) is 20.3 Å². The van der Waals surface area contributed by atoms with E-state index in [-0.39, 0.29) is 54.9 Å². The van der Waals surface area contributed by atoms with Gasteiger partial charge in [0.1, 0.15) is 0 Å². The largest absolute Gasteiger partial charge is 0.350 e. The van der Waals surface area contributed by atoms with Gasteiger partial charge in [-0.15, -0.1) is 11.3 Å². The second-order valence-electron chi connectivity index (χ2n) is 8.91. The lowest BCUT2D eigenvalue weighted by molar-refractivity contribution is -0.0630. The molecule has 1 aliphatic carbocycles. The lowest BCUT2D eigenvalue weighted by atomic mass is 10.0. The molecule has 2 fully saturated rings. The Kier molecular flexibility index (Phi) is 6.78. The first-order valence-corrected chi connectivity index (χ1v) is 12.7.